The second kappa shape index (κ2) is 9.17. The van der Waals surface area contributed by atoms with E-state index in [9.17, 15) is 4.79 Å². The van der Waals surface area contributed by atoms with E-state index in [1.165, 1.54) is 0 Å². The highest BCUT2D eigenvalue weighted by Crippen LogP contribution is 2.33. The summed E-state index contributed by atoms with van der Waals surface area (Å²) in [5.41, 5.74) is 3.99. The molecule has 0 radical (unpaired) electrons. The Morgan fingerprint density at radius 2 is 2.07 bits per heavy atom. The molecule has 0 amide bonds. The molecule has 154 valence electrons. The van der Waals surface area contributed by atoms with E-state index in [-0.39, 0.29) is 6.42 Å². The topological polar surface area (TPSA) is 103 Å². The Balaban J connectivity index is 1.37. The SMILES string of the molecule is O=C(O)CCc1[nH]ccc1-c1c[nH]c2cc(OCCCNc3ccccn3)ccc12. The van der Waals surface area contributed by atoms with E-state index < -0.39 is 5.97 Å². The van der Waals surface area contributed by atoms with Crippen LogP contribution in [0.2, 0.25) is 0 Å². The summed E-state index contributed by atoms with van der Waals surface area (Å²) in [5.74, 6) is 0.880. The van der Waals surface area contributed by atoms with Crippen LogP contribution in [0.15, 0.2) is 61.1 Å². The van der Waals surface area contributed by atoms with E-state index in [1.54, 1.807) is 6.20 Å². The number of benzene rings is 1. The highest BCUT2D eigenvalue weighted by molar-refractivity contribution is 5.96. The van der Waals surface area contributed by atoms with Crippen LogP contribution in [0.25, 0.3) is 22.0 Å². The Kier molecular flexibility index (Phi) is 5.98. The van der Waals surface area contributed by atoms with Crippen LogP contribution < -0.4 is 10.1 Å². The summed E-state index contributed by atoms with van der Waals surface area (Å²) < 4.78 is 5.89. The number of ether oxygens (including phenoxy) is 1. The van der Waals surface area contributed by atoms with Gasteiger partial charge in [-0.3, -0.25) is 4.79 Å². The maximum atomic E-state index is 10.9. The number of aliphatic carboxylic acids is 1. The van der Waals surface area contributed by atoms with Crippen molar-refractivity contribution in [3.63, 3.8) is 0 Å². The lowest BCUT2D eigenvalue weighted by Gasteiger charge is -2.08. The largest absolute Gasteiger partial charge is 0.493 e. The number of rotatable bonds is 10. The number of anilines is 1. The van der Waals surface area contributed by atoms with Crippen LogP contribution in [0.3, 0.4) is 0 Å². The van der Waals surface area contributed by atoms with Crippen LogP contribution >= 0.6 is 0 Å². The van der Waals surface area contributed by atoms with Gasteiger partial charge in [0.25, 0.3) is 0 Å². The summed E-state index contributed by atoms with van der Waals surface area (Å²) in [4.78, 5) is 21.6. The van der Waals surface area contributed by atoms with Gasteiger partial charge >= 0.3 is 5.97 Å². The fourth-order valence-corrected chi connectivity index (χ4v) is 3.46. The number of carboxylic acids is 1. The van der Waals surface area contributed by atoms with Crippen molar-refractivity contribution < 1.29 is 14.6 Å². The van der Waals surface area contributed by atoms with E-state index in [2.05, 4.69) is 20.3 Å². The van der Waals surface area contributed by atoms with Gasteiger partial charge < -0.3 is 25.1 Å². The van der Waals surface area contributed by atoms with E-state index in [0.717, 1.165) is 52.3 Å². The molecule has 3 heterocycles. The molecule has 0 unspecified atom stereocenters. The fraction of sp³-hybridized carbons (Fsp3) is 0.217. The average molecular weight is 404 g/mol. The van der Waals surface area contributed by atoms with Crippen molar-refractivity contribution in [2.75, 3.05) is 18.5 Å². The van der Waals surface area contributed by atoms with Crippen molar-refractivity contribution in [2.24, 2.45) is 0 Å². The molecular weight excluding hydrogens is 380 g/mol. The minimum absolute atomic E-state index is 0.100. The minimum atomic E-state index is -0.800. The van der Waals surface area contributed by atoms with E-state index in [1.807, 2.05) is 54.9 Å². The lowest BCUT2D eigenvalue weighted by atomic mass is 10.0. The predicted molar refractivity (Wildman–Crippen MR) is 117 cm³/mol. The summed E-state index contributed by atoms with van der Waals surface area (Å²) in [7, 11) is 0. The normalized spacial score (nSPS) is 10.9. The third-order valence-electron chi connectivity index (χ3n) is 4.93. The highest BCUT2D eigenvalue weighted by atomic mass is 16.5. The van der Waals surface area contributed by atoms with Gasteiger partial charge in [-0.05, 0) is 43.2 Å². The molecule has 0 saturated carbocycles. The number of hydrogen-bond acceptors (Lipinski definition) is 4. The standard InChI is InChI=1S/C23H24N4O3/c28-23(29)8-7-20-18(9-12-24-20)19-15-27-21-14-16(5-6-17(19)21)30-13-3-11-26-22-4-1-2-10-25-22/h1-2,4-6,9-10,12,14-15,24,27H,3,7-8,11,13H2,(H,25,26)(H,28,29). The lowest BCUT2D eigenvalue weighted by molar-refractivity contribution is -0.136. The molecule has 3 aromatic heterocycles. The second-order valence-corrected chi connectivity index (χ2v) is 7.02. The number of pyridine rings is 1. The molecule has 7 nitrogen and oxygen atoms in total. The Labute approximate surface area is 174 Å². The zero-order valence-corrected chi connectivity index (χ0v) is 16.5. The summed E-state index contributed by atoms with van der Waals surface area (Å²) in [5, 5.41) is 13.3. The van der Waals surface area contributed by atoms with Crippen molar-refractivity contribution in [3.8, 4) is 16.9 Å². The molecule has 7 heteroatoms. The zero-order valence-electron chi connectivity index (χ0n) is 16.5. The van der Waals surface area contributed by atoms with E-state index >= 15 is 0 Å². The third kappa shape index (κ3) is 4.63. The van der Waals surface area contributed by atoms with Crippen LogP contribution in [0.1, 0.15) is 18.5 Å². The molecule has 0 aliphatic carbocycles. The van der Waals surface area contributed by atoms with Crippen molar-refractivity contribution in [1.82, 2.24) is 15.0 Å². The van der Waals surface area contributed by atoms with Gasteiger partial charge in [-0.15, -0.1) is 0 Å². The van der Waals surface area contributed by atoms with Gasteiger partial charge in [-0.1, -0.05) is 6.07 Å². The smallest absolute Gasteiger partial charge is 0.303 e. The van der Waals surface area contributed by atoms with Gasteiger partial charge in [0.2, 0.25) is 0 Å². The first-order valence-electron chi connectivity index (χ1n) is 9.98. The summed E-state index contributed by atoms with van der Waals surface area (Å²) in [6, 6.07) is 13.8. The number of nitrogens with one attached hydrogen (secondary N) is 3. The van der Waals surface area contributed by atoms with Crippen LogP contribution in [0.4, 0.5) is 5.82 Å². The zero-order chi connectivity index (χ0) is 20.8. The van der Waals surface area contributed by atoms with Gasteiger partial charge in [-0.25, -0.2) is 4.98 Å². The highest BCUT2D eigenvalue weighted by Gasteiger charge is 2.13. The maximum Gasteiger partial charge on any atom is 0.303 e. The quantitative estimate of drug-likeness (QED) is 0.292. The number of carbonyl (C=O) groups is 1. The van der Waals surface area contributed by atoms with E-state index in [0.29, 0.717) is 13.0 Å². The Morgan fingerprint density at radius 1 is 1.13 bits per heavy atom. The van der Waals surface area contributed by atoms with Gasteiger partial charge in [0, 0.05) is 58.9 Å². The summed E-state index contributed by atoms with van der Waals surface area (Å²) in [6.45, 7) is 1.40. The number of carboxylic acid groups (broad SMARTS) is 1. The van der Waals surface area contributed by atoms with E-state index in [4.69, 9.17) is 9.84 Å². The van der Waals surface area contributed by atoms with Gasteiger partial charge in [0.1, 0.15) is 11.6 Å². The van der Waals surface area contributed by atoms with Crippen molar-refractivity contribution in [1.29, 1.82) is 0 Å². The molecule has 4 rings (SSSR count). The number of fused-ring (bicyclic) bond motifs is 1. The Hall–Kier alpha value is -3.74. The number of H-pyrrole nitrogens is 2. The molecule has 0 atom stereocenters. The number of nitrogens with zero attached hydrogens (tertiary/aromatic N) is 1. The van der Waals surface area contributed by atoms with Gasteiger partial charge in [0.15, 0.2) is 0 Å². The van der Waals surface area contributed by atoms with Crippen LogP contribution in [-0.4, -0.2) is 39.2 Å². The molecule has 1 aromatic carbocycles. The molecular formula is C23H24N4O3. The minimum Gasteiger partial charge on any atom is -0.493 e. The first-order chi connectivity index (χ1) is 14.7. The molecule has 0 saturated heterocycles. The van der Waals surface area contributed by atoms with Crippen molar-refractivity contribution in [2.45, 2.75) is 19.3 Å². The van der Waals surface area contributed by atoms with Crippen LogP contribution in [0, 0.1) is 0 Å². The number of aromatic nitrogens is 3. The average Bonchev–Trinajstić information content (AvgIpc) is 3.38. The molecule has 0 fully saturated rings. The summed E-state index contributed by atoms with van der Waals surface area (Å²) in [6.07, 6.45) is 7.00. The molecule has 0 aliphatic rings. The molecule has 4 aromatic rings. The molecule has 30 heavy (non-hydrogen) atoms. The second-order valence-electron chi connectivity index (χ2n) is 7.02. The first-order valence-corrected chi connectivity index (χ1v) is 9.98. The molecule has 0 aliphatic heterocycles. The number of hydrogen-bond donors (Lipinski definition) is 4. The molecule has 4 N–H and O–H groups in total. The maximum absolute atomic E-state index is 10.9. The predicted octanol–water partition coefficient (Wildman–Crippen LogP) is 4.46. The van der Waals surface area contributed by atoms with Crippen molar-refractivity contribution in [3.05, 3.63) is 66.7 Å². The number of aromatic amines is 2. The Morgan fingerprint density at radius 3 is 2.90 bits per heavy atom. The molecule has 0 bridgehead atoms. The first kappa shape index (κ1) is 19.6. The monoisotopic (exact) mass is 404 g/mol. The number of aryl methyl sites for hydroxylation is 1. The summed E-state index contributed by atoms with van der Waals surface area (Å²) >= 11 is 0. The van der Waals surface area contributed by atoms with Crippen LogP contribution in [-0.2, 0) is 11.2 Å². The fourth-order valence-electron chi connectivity index (χ4n) is 3.46. The van der Waals surface area contributed by atoms with Gasteiger partial charge in [0.05, 0.1) is 13.0 Å². The van der Waals surface area contributed by atoms with Crippen molar-refractivity contribution >= 4 is 22.7 Å². The van der Waals surface area contributed by atoms with Crippen LogP contribution in [0.5, 0.6) is 5.75 Å². The Bertz CT molecular complexity index is 1120. The lowest BCUT2D eigenvalue weighted by Crippen LogP contribution is -2.08. The van der Waals surface area contributed by atoms with Gasteiger partial charge in [-0.2, -0.15) is 0 Å². The third-order valence-corrected chi connectivity index (χ3v) is 4.93. The molecule has 0 spiro atoms.